The zero-order valence-electron chi connectivity index (χ0n) is 14.4. The van der Waals surface area contributed by atoms with Crippen molar-refractivity contribution in [1.82, 2.24) is 21.3 Å². The molecule has 2 fully saturated rings. The Morgan fingerprint density at radius 2 is 1.42 bits per heavy atom. The summed E-state index contributed by atoms with van der Waals surface area (Å²) in [6.07, 6.45) is 3.43. The van der Waals surface area contributed by atoms with Gasteiger partial charge in [0.05, 0.1) is 25.7 Å². The highest BCUT2D eigenvalue weighted by Gasteiger charge is 2.29. The van der Waals surface area contributed by atoms with Crippen LogP contribution < -0.4 is 27.2 Å². The number of hydrogen-bond acceptors (Lipinski definition) is 7. The number of rotatable bonds is 4. The van der Waals surface area contributed by atoms with E-state index in [1.54, 1.807) is 0 Å². The van der Waals surface area contributed by atoms with Crippen molar-refractivity contribution >= 4 is 23.6 Å². The Morgan fingerprint density at radius 1 is 0.846 bits per heavy atom. The van der Waals surface area contributed by atoms with Gasteiger partial charge in [-0.15, -0.1) is 4.99 Å². The smallest absolute Gasteiger partial charge is 0.243 e. The monoisotopic (exact) mass is 371 g/mol. The molecular formula is C15H25N5O6. The van der Waals surface area contributed by atoms with E-state index in [2.05, 4.69) is 26.3 Å². The Labute approximate surface area is 150 Å². The molecule has 2 rings (SSSR count). The third-order valence-corrected chi connectivity index (χ3v) is 4.52. The van der Waals surface area contributed by atoms with Crippen molar-refractivity contribution in [3.05, 3.63) is 0 Å². The highest BCUT2D eigenvalue weighted by Crippen LogP contribution is 2.29. The summed E-state index contributed by atoms with van der Waals surface area (Å²) >= 11 is 0. The summed E-state index contributed by atoms with van der Waals surface area (Å²) in [4.78, 5) is 56.6. The largest absolute Gasteiger partial charge is 0.346 e. The molecule has 0 spiro atoms. The lowest BCUT2D eigenvalue weighted by atomic mass is 9.83. The lowest BCUT2D eigenvalue weighted by molar-refractivity contribution is -0.334. The molecule has 6 N–H and O–H groups in total. The van der Waals surface area contributed by atoms with Crippen LogP contribution in [0.3, 0.4) is 0 Å². The molecule has 1 heterocycles. The van der Waals surface area contributed by atoms with Crippen LogP contribution in [-0.4, -0.2) is 55.4 Å². The molecular weight excluding hydrogens is 346 g/mol. The maximum absolute atomic E-state index is 12.4. The maximum Gasteiger partial charge on any atom is 0.243 e. The molecule has 0 aromatic carbocycles. The molecule has 1 aliphatic heterocycles. The fraction of sp³-hybridized carbons (Fsp3) is 0.733. The first-order valence-electron chi connectivity index (χ1n) is 8.60. The standard InChI is InChI=1S/C15H25N5O6/c16-26-25-10-3-1-9(2-4-10)5-11-15(24)19-7-13(22)17-6-12(21)18-8-14(23)20-11/h9-11H,1-8,16H2,(H,17,22)(H,18,21)(H,19,24)(H,20,23). The second kappa shape index (κ2) is 10.0. The number of hydrogen-bond donors (Lipinski definition) is 5. The molecule has 1 saturated carbocycles. The molecule has 0 bridgehead atoms. The molecule has 11 heteroatoms. The quantitative estimate of drug-likeness (QED) is 0.272. The summed E-state index contributed by atoms with van der Waals surface area (Å²) in [7, 11) is 0. The second-order valence-corrected chi connectivity index (χ2v) is 6.46. The summed E-state index contributed by atoms with van der Waals surface area (Å²) in [5, 5.41) is 9.88. The van der Waals surface area contributed by atoms with Crippen LogP contribution in [-0.2, 0) is 29.1 Å². The lowest BCUT2D eigenvalue weighted by Gasteiger charge is -2.29. The first-order valence-corrected chi connectivity index (χ1v) is 8.60. The van der Waals surface area contributed by atoms with Gasteiger partial charge in [0, 0.05) is 0 Å². The van der Waals surface area contributed by atoms with E-state index in [-0.39, 0.29) is 31.7 Å². The first kappa shape index (κ1) is 20.1. The predicted octanol–water partition coefficient (Wildman–Crippen LogP) is -2.40. The minimum atomic E-state index is -0.778. The van der Waals surface area contributed by atoms with Crippen molar-refractivity contribution in [2.24, 2.45) is 11.8 Å². The Kier molecular flexibility index (Phi) is 7.75. The summed E-state index contributed by atoms with van der Waals surface area (Å²) in [5.74, 6) is 3.27. The van der Waals surface area contributed by atoms with E-state index in [1.165, 1.54) is 0 Å². The van der Waals surface area contributed by atoms with Crippen molar-refractivity contribution in [3.63, 3.8) is 0 Å². The Bertz CT molecular complexity index is 535. The van der Waals surface area contributed by atoms with Crippen LogP contribution in [0.15, 0.2) is 0 Å². The van der Waals surface area contributed by atoms with Gasteiger partial charge >= 0.3 is 0 Å². The van der Waals surface area contributed by atoms with Crippen LogP contribution in [0.2, 0.25) is 0 Å². The van der Waals surface area contributed by atoms with E-state index in [4.69, 9.17) is 10.8 Å². The summed E-state index contributed by atoms with van der Waals surface area (Å²) < 4.78 is 0. The van der Waals surface area contributed by atoms with Crippen molar-refractivity contribution in [1.29, 1.82) is 0 Å². The van der Waals surface area contributed by atoms with Gasteiger partial charge in [-0.25, -0.2) is 4.89 Å². The van der Waals surface area contributed by atoms with E-state index in [0.717, 1.165) is 25.7 Å². The molecule has 0 aromatic heterocycles. The number of nitrogens with two attached hydrogens (primary N) is 1. The van der Waals surface area contributed by atoms with Gasteiger partial charge in [-0.1, -0.05) is 0 Å². The third kappa shape index (κ3) is 6.58. The molecule has 1 saturated heterocycles. The molecule has 1 atom stereocenters. The topological polar surface area (TPSA) is 161 Å². The molecule has 1 aliphatic carbocycles. The highest BCUT2D eigenvalue weighted by molar-refractivity contribution is 5.94. The van der Waals surface area contributed by atoms with E-state index in [1.807, 2.05) is 0 Å². The Morgan fingerprint density at radius 3 is 2.04 bits per heavy atom. The van der Waals surface area contributed by atoms with Gasteiger partial charge in [0.2, 0.25) is 23.6 Å². The van der Waals surface area contributed by atoms with E-state index < -0.39 is 29.7 Å². The Balaban J connectivity index is 1.94. The average Bonchev–Trinajstić information content (AvgIpc) is 2.63. The number of carbonyl (C=O) groups excluding carboxylic acids is 4. The van der Waals surface area contributed by atoms with Crippen molar-refractivity contribution in [2.75, 3.05) is 19.6 Å². The second-order valence-electron chi connectivity index (χ2n) is 6.46. The van der Waals surface area contributed by atoms with Gasteiger partial charge < -0.3 is 21.3 Å². The zero-order valence-corrected chi connectivity index (χ0v) is 14.4. The number of amides is 4. The molecule has 1 unspecified atom stereocenters. The van der Waals surface area contributed by atoms with E-state index in [9.17, 15) is 19.2 Å². The van der Waals surface area contributed by atoms with Crippen LogP contribution in [0.4, 0.5) is 0 Å². The molecule has 0 radical (unpaired) electrons. The van der Waals surface area contributed by atoms with Gasteiger partial charge in [-0.3, -0.25) is 19.2 Å². The van der Waals surface area contributed by atoms with Crippen LogP contribution >= 0.6 is 0 Å². The van der Waals surface area contributed by atoms with Crippen molar-refractivity contribution < 1.29 is 29.1 Å². The average molecular weight is 371 g/mol. The van der Waals surface area contributed by atoms with Crippen molar-refractivity contribution in [3.8, 4) is 0 Å². The minimum absolute atomic E-state index is 0.0742. The van der Waals surface area contributed by atoms with Crippen LogP contribution in [0.25, 0.3) is 0 Å². The summed E-state index contributed by atoms with van der Waals surface area (Å²) in [5.41, 5.74) is 0. The molecule has 146 valence electrons. The SMILES string of the molecule is NOOC1CCC(CC2NC(=O)CNC(=O)CNC(=O)CNC2=O)CC1. The maximum atomic E-state index is 12.4. The molecule has 4 amide bonds. The van der Waals surface area contributed by atoms with Crippen molar-refractivity contribution in [2.45, 2.75) is 44.2 Å². The molecule has 2 aliphatic rings. The summed E-state index contributed by atoms with van der Waals surface area (Å²) in [6.45, 7) is -0.761. The predicted molar refractivity (Wildman–Crippen MR) is 87.7 cm³/mol. The third-order valence-electron chi connectivity index (χ3n) is 4.52. The Hall–Kier alpha value is -2.24. The normalized spacial score (nSPS) is 28.7. The van der Waals surface area contributed by atoms with Gasteiger partial charge in [-0.2, -0.15) is 5.90 Å². The molecule has 11 nitrogen and oxygen atoms in total. The highest BCUT2D eigenvalue weighted by atomic mass is 17.3. The van der Waals surface area contributed by atoms with Crippen LogP contribution in [0.1, 0.15) is 32.1 Å². The van der Waals surface area contributed by atoms with Gasteiger partial charge in [0.1, 0.15) is 6.04 Å². The first-order chi connectivity index (χ1) is 12.5. The zero-order chi connectivity index (χ0) is 18.9. The van der Waals surface area contributed by atoms with Gasteiger partial charge in [0.25, 0.3) is 0 Å². The lowest BCUT2D eigenvalue weighted by Crippen LogP contribution is -2.53. The van der Waals surface area contributed by atoms with E-state index in [0.29, 0.717) is 6.42 Å². The minimum Gasteiger partial charge on any atom is -0.346 e. The number of carbonyl (C=O) groups is 4. The van der Waals surface area contributed by atoms with Crippen LogP contribution in [0, 0.1) is 5.92 Å². The fourth-order valence-electron chi connectivity index (χ4n) is 3.13. The number of nitrogens with one attached hydrogen (secondary N) is 4. The van der Waals surface area contributed by atoms with Crippen LogP contribution in [0.5, 0.6) is 0 Å². The summed E-state index contributed by atoms with van der Waals surface area (Å²) in [6, 6.07) is -0.778. The van der Waals surface area contributed by atoms with Gasteiger partial charge in [0.15, 0.2) is 0 Å². The molecule has 0 aromatic rings. The van der Waals surface area contributed by atoms with Gasteiger partial charge in [-0.05, 0) is 38.0 Å². The molecule has 26 heavy (non-hydrogen) atoms. The van der Waals surface area contributed by atoms with E-state index >= 15 is 0 Å². The fourth-order valence-corrected chi connectivity index (χ4v) is 3.13.